The molecule has 4 nitrogen and oxygen atoms in total. The van der Waals surface area contributed by atoms with Gasteiger partial charge in [0.25, 0.3) is 0 Å². The average Bonchev–Trinajstić information content (AvgIpc) is 2.60. The van der Waals surface area contributed by atoms with Crippen LogP contribution in [-0.2, 0) is 9.59 Å². The van der Waals surface area contributed by atoms with Gasteiger partial charge in [0.1, 0.15) is 11.5 Å². The maximum absolute atomic E-state index is 11.4. The molecule has 0 amide bonds. The molecule has 0 heterocycles. The van der Waals surface area contributed by atoms with E-state index in [9.17, 15) is 9.59 Å². The van der Waals surface area contributed by atoms with E-state index in [4.69, 9.17) is 9.47 Å². The van der Waals surface area contributed by atoms with Crippen LogP contribution in [-0.4, -0.2) is 11.9 Å². The molecular weight excluding hydrogens is 304 g/mol. The second-order valence-electron chi connectivity index (χ2n) is 5.28. The number of esters is 2. The third-order valence-corrected chi connectivity index (χ3v) is 3.68. The smallest absolute Gasteiger partial charge is 0.335 e. The Balaban J connectivity index is 2.02. The summed E-state index contributed by atoms with van der Waals surface area (Å²) in [5.41, 5.74) is 0. The van der Waals surface area contributed by atoms with E-state index in [1.807, 2.05) is 30.3 Å². The van der Waals surface area contributed by atoms with Gasteiger partial charge in [-0.15, -0.1) is 0 Å². The van der Waals surface area contributed by atoms with Crippen molar-refractivity contribution in [2.45, 2.75) is 13.3 Å². The van der Waals surface area contributed by atoms with Gasteiger partial charge in [0.2, 0.25) is 0 Å². The highest BCUT2D eigenvalue weighted by molar-refractivity contribution is 6.08. The van der Waals surface area contributed by atoms with Crippen molar-refractivity contribution >= 4 is 33.5 Å². The second kappa shape index (κ2) is 6.54. The number of hydrogen-bond donors (Lipinski definition) is 0. The molecule has 0 N–H and O–H groups in total. The van der Waals surface area contributed by atoms with Gasteiger partial charge in [0.05, 0.1) is 0 Å². The van der Waals surface area contributed by atoms with Gasteiger partial charge in [-0.2, -0.15) is 0 Å². The monoisotopic (exact) mass is 320 g/mol. The molecule has 0 unspecified atom stereocenters. The molecule has 3 aromatic rings. The molecule has 0 spiro atoms. The van der Waals surface area contributed by atoms with Crippen molar-refractivity contribution in [2.75, 3.05) is 0 Å². The first-order valence-corrected chi connectivity index (χ1v) is 7.62. The van der Waals surface area contributed by atoms with Crippen molar-refractivity contribution in [1.29, 1.82) is 0 Å². The number of hydrogen-bond acceptors (Lipinski definition) is 4. The molecule has 3 aromatic carbocycles. The molecule has 0 atom stereocenters. The molecule has 0 aliphatic heterocycles. The number of fused-ring (bicyclic) bond motifs is 3. The molecule has 0 aliphatic carbocycles. The average molecular weight is 320 g/mol. The molecule has 0 fully saturated rings. The quantitative estimate of drug-likeness (QED) is 0.309. The molecule has 0 aromatic heterocycles. The number of benzene rings is 3. The van der Waals surface area contributed by atoms with Gasteiger partial charge in [-0.05, 0) is 45.8 Å². The van der Waals surface area contributed by atoms with Gasteiger partial charge in [-0.25, -0.2) is 4.79 Å². The van der Waals surface area contributed by atoms with Crippen LogP contribution in [0.15, 0.2) is 61.2 Å². The van der Waals surface area contributed by atoms with Crippen LogP contribution >= 0.6 is 0 Å². The van der Waals surface area contributed by atoms with Crippen LogP contribution in [0.25, 0.3) is 21.5 Å². The van der Waals surface area contributed by atoms with E-state index in [2.05, 4.69) is 6.58 Å². The Morgan fingerprint density at radius 2 is 1.46 bits per heavy atom. The number of ether oxygens (including phenoxy) is 2. The SMILES string of the molecule is C=CC(=O)Oc1ccc2c(ccc3cc(OC(=O)CC)ccc32)c1. The Kier molecular flexibility index (Phi) is 4.29. The normalized spacial score (nSPS) is 10.5. The van der Waals surface area contributed by atoms with Crippen LogP contribution in [0.4, 0.5) is 0 Å². The third kappa shape index (κ3) is 3.13. The van der Waals surface area contributed by atoms with Crippen molar-refractivity contribution in [2.24, 2.45) is 0 Å². The minimum atomic E-state index is -0.488. The lowest BCUT2D eigenvalue weighted by Crippen LogP contribution is -2.05. The first-order valence-electron chi connectivity index (χ1n) is 7.62. The van der Waals surface area contributed by atoms with Gasteiger partial charge < -0.3 is 9.47 Å². The summed E-state index contributed by atoms with van der Waals surface area (Å²) in [5, 5.41) is 3.99. The number of carbonyl (C=O) groups excluding carboxylic acids is 2. The Morgan fingerprint density at radius 3 is 1.96 bits per heavy atom. The number of carbonyl (C=O) groups is 2. The summed E-state index contributed by atoms with van der Waals surface area (Å²) in [7, 11) is 0. The summed E-state index contributed by atoms with van der Waals surface area (Å²) in [6.07, 6.45) is 1.46. The first-order chi connectivity index (χ1) is 11.6. The van der Waals surface area contributed by atoms with Gasteiger partial charge >= 0.3 is 11.9 Å². The van der Waals surface area contributed by atoms with E-state index in [-0.39, 0.29) is 5.97 Å². The molecule has 0 saturated carbocycles. The molecule has 120 valence electrons. The standard InChI is InChI=1S/C20H16O4/c1-3-19(21)23-15-7-9-17-13(11-15)5-6-14-12-16(8-10-18(14)17)24-20(22)4-2/h3,5-12H,1,4H2,2H3. The fraction of sp³-hybridized carbons (Fsp3) is 0.100. The van der Waals surface area contributed by atoms with Crippen molar-refractivity contribution < 1.29 is 19.1 Å². The predicted molar refractivity (Wildman–Crippen MR) is 93.2 cm³/mol. The Bertz CT molecular complexity index is 956. The van der Waals surface area contributed by atoms with Crippen molar-refractivity contribution in [3.8, 4) is 11.5 Å². The van der Waals surface area contributed by atoms with E-state index in [0.29, 0.717) is 17.9 Å². The van der Waals surface area contributed by atoms with E-state index in [1.165, 1.54) is 0 Å². The first kappa shape index (κ1) is 15.7. The minimum Gasteiger partial charge on any atom is -0.427 e. The zero-order valence-electron chi connectivity index (χ0n) is 13.2. The highest BCUT2D eigenvalue weighted by Gasteiger charge is 2.07. The minimum absolute atomic E-state index is 0.260. The zero-order valence-corrected chi connectivity index (χ0v) is 13.2. The summed E-state index contributed by atoms with van der Waals surface area (Å²) in [5.74, 6) is 0.256. The summed E-state index contributed by atoms with van der Waals surface area (Å²) in [4.78, 5) is 22.7. The lowest BCUT2D eigenvalue weighted by molar-refractivity contribution is -0.134. The molecule has 0 saturated heterocycles. The highest BCUT2D eigenvalue weighted by atomic mass is 16.5. The lowest BCUT2D eigenvalue weighted by Gasteiger charge is -2.08. The van der Waals surface area contributed by atoms with Crippen LogP contribution in [0.5, 0.6) is 11.5 Å². The van der Waals surface area contributed by atoms with Gasteiger partial charge in [-0.3, -0.25) is 4.79 Å². The molecule has 4 heteroatoms. The second-order valence-corrected chi connectivity index (χ2v) is 5.28. The molecule has 3 rings (SSSR count). The highest BCUT2D eigenvalue weighted by Crippen LogP contribution is 2.30. The fourth-order valence-electron chi connectivity index (χ4n) is 2.52. The fourth-order valence-corrected chi connectivity index (χ4v) is 2.52. The van der Waals surface area contributed by atoms with Gasteiger partial charge in [-0.1, -0.05) is 37.8 Å². The summed E-state index contributed by atoms with van der Waals surface area (Å²) in [6, 6.07) is 14.9. The van der Waals surface area contributed by atoms with Crippen LogP contribution in [0.2, 0.25) is 0 Å². The molecule has 0 radical (unpaired) electrons. The molecule has 0 aliphatic rings. The van der Waals surface area contributed by atoms with Gasteiger partial charge in [0, 0.05) is 12.5 Å². The summed E-state index contributed by atoms with van der Waals surface area (Å²) >= 11 is 0. The number of rotatable bonds is 4. The van der Waals surface area contributed by atoms with Crippen molar-refractivity contribution in [3.63, 3.8) is 0 Å². The summed E-state index contributed by atoms with van der Waals surface area (Å²) in [6.45, 7) is 5.14. The van der Waals surface area contributed by atoms with E-state index >= 15 is 0 Å². The van der Waals surface area contributed by atoms with Crippen LogP contribution in [0, 0.1) is 0 Å². The van der Waals surface area contributed by atoms with E-state index in [0.717, 1.165) is 27.6 Å². The summed E-state index contributed by atoms with van der Waals surface area (Å²) < 4.78 is 10.4. The largest absolute Gasteiger partial charge is 0.427 e. The van der Waals surface area contributed by atoms with E-state index < -0.39 is 5.97 Å². The maximum Gasteiger partial charge on any atom is 0.335 e. The third-order valence-electron chi connectivity index (χ3n) is 3.68. The van der Waals surface area contributed by atoms with Gasteiger partial charge in [0.15, 0.2) is 0 Å². The Morgan fingerprint density at radius 1 is 0.917 bits per heavy atom. The van der Waals surface area contributed by atoms with Crippen LogP contribution in [0.1, 0.15) is 13.3 Å². The predicted octanol–water partition coefficient (Wildman–Crippen LogP) is 4.40. The maximum atomic E-state index is 11.4. The van der Waals surface area contributed by atoms with E-state index in [1.54, 1.807) is 25.1 Å². The van der Waals surface area contributed by atoms with Crippen molar-refractivity contribution in [3.05, 3.63) is 61.2 Å². The Labute approximate surface area is 139 Å². The zero-order chi connectivity index (χ0) is 17.1. The topological polar surface area (TPSA) is 52.6 Å². The van der Waals surface area contributed by atoms with Crippen molar-refractivity contribution in [1.82, 2.24) is 0 Å². The Hall–Kier alpha value is -3.14. The lowest BCUT2D eigenvalue weighted by atomic mass is 10.0. The molecule has 0 bridgehead atoms. The molecular formula is C20H16O4. The van der Waals surface area contributed by atoms with Crippen LogP contribution < -0.4 is 9.47 Å². The molecule has 24 heavy (non-hydrogen) atoms. The van der Waals surface area contributed by atoms with Crippen LogP contribution in [0.3, 0.4) is 0 Å².